The van der Waals surface area contributed by atoms with Crippen LogP contribution in [0.15, 0.2) is 0 Å². The van der Waals surface area contributed by atoms with Crippen LogP contribution in [0.25, 0.3) is 0 Å². The largest absolute Gasteiger partial charge is 0.310 e. The molecule has 0 spiro atoms. The van der Waals surface area contributed by atoms with Gasteiger partial charge < -0.3 is 5.32 Å². The smallest absolute Gasteiger partial charge is 0.154 e. The molecule has 15 heavy (non-hydrogen) atoms. The molecule has 1 aromatic rings. The van der Waals surface area contributed by atoms with Gasteiger partial charge in [0, 0.05) is 12.8 Å². The van der Waals surface area contributed by atoms with Crippen molar-refractivity contribution in [3.05, 3.63) is 10.0 Å². The van der Waals surface area contributed by atoms with Gasteiger partial charge in [-0.15, -0.1) is 10.2 Å². The van der Waals surface area contributed by atoms with Gasteiger partial charge in [-0.05, 0) is 13.0 Å². The molecule has 1 aromatic heterocycles. The molecule has 5 nitrogen and oxygen atoms in total. The van der Waals surface area contributed by atoms with Crippen molar-refractivity contribution in [3.8, 4) is 0 Å². The second-order valence-electron chi connectivity index (χ2n) is 3.34. The molecule has 0 saturated carbocycles. The Morgan fingerprint density at radius 3 is 2.60 bits per heavy atom. The lowest BCUT2D eigenvalue weighted by molar-refractivity contribution is 0.600. The summed E-state index contributed by atoms with van der Waals surface area (Å²) in [4.78, 5) is 0. The van der Waals surface area contributed by atoms with Crippen LogP contribution in [-0.4, -0.2) is 31.4 Å². The summed E-state index contributed by atoms with van der Waals surface area (Å²) in [6.07, 6.45) is 2.26. The highest BCUT2D eigenvalue weighted by atomic mass is 32.2. The fraction of sp³-hybridized carbons (Fsp3) is 0.750. The van der Waals surface area contributed by atoms with Gasteiger partial charge in [0.05, 0.1) is 0 Å². The SMILES string of the molecule is CCCNCc1nnc(CS(C)(=O)=O)s1. The maximum Gasteiger partial charge on any atom is 0.154 e. The van der Waals surface area contributed by atoms with Gasteiger partial charge in [-0.2, -0.15) is 0 Å². The van der Waals surface area contributed by atoms with E-state index in [0.717, 1.165) is 18.0 Å². The molecule has 0 saturated heterocycles. The summed E-state index contributed by atoms with van der Waals surface area (Å²) >= 11 is 1.35. The molecular formula is C8H15N3O2S2. The first-order valence-corrected chi connectivity index (χ1v) is 7.58. The molecule has 86 valence electrons. The summed E-state index contributed by atoms with van der Waals surface area (Å²) < 4.78 is 22.0. The Balaban J connectivity index is 2.49. The number of nitrogens with one attached hydrogen (secondary N) is 1. The van der Waals surface area contributed by atoms with E-state index in [1.807, 2.05) is 0 Å². The number of nitrogens with zero attached hydrogens (tertiary/aromatic N) is 2. The topological polar surface area (TPSA) is 72.0 Å². The van der Waals surface area contributed by atoms with Gasteiger partial charge in [-0.25, -0.2) is 8.42 Å². The van der Waals surface area contributed by atoms with E-state index < -0.39 is 9.84 Å². The molecule has 0 bridgehead atoms. The molecule has 0 aliphatic carbocycles. The number of sulfone groups is 1. The van der Waals surface area contributed by atoms with Crippen LogP contribution in [-0.2, 0) is 22.1 Å². The minimum Gasteiger partial charge on any atom is -0.310 e. The normalized spacial score (nSPS) is 11.9. The molecular weight excluding hydrogens is 234 g/mol. The van der Waals surface area contributed by atoms with E-state index in [9.17, 15) is 8.42 Å². The summed E-state index contributed by atoms with van der Waals surface area (Å²) in [6.45, 7) is 3.68. The van der Waals surface area contributed by atoms with E-state index in [4.69, 9.17) is 0 Å². The van der Waals surface area contributed by atoms with Crippen LogP contribution in [0, 0.1) is 0 Å². The molecule has 7 heteroatoms. The Hall–Kier alpha value is -0.530. The van der Waals surface area contributed by atoms with Crippen LogP contribution in [0.1, 0.15) is 23.4 Å². The van der Waals surface area contributed by atoms with Crippen LogP contribution < -0.4 is 5.32 Å². The average molecular weight is 249 g/mol. The monoisotopic (exact) mass is 249 g/mol. The summed E-state index contributed by atoms with van der Waals surface area (Å²) in [5.41, 5.74) is 0. The standard InChI is InChI=1S/C8H15N3O2S2/c1-3-4-9-5-7-10-11-8(14-7)6-15(2,12)13/h9H,3-6H2,1-2H3. The van der Waals surface area contributed by atoms with Crippen molar-refractivity contribution in [1.82, 2.24) is 15.5 Å². The summed E-state index contributed by atoms with van der Waals surface area (Å²) in [7, 11) is -3.00. The molecule has 0 atom stereocenters. The predicted molar refractivity (Wildman–Crippen MR) is 60.5 cm³/mol. The first-order valence-electron chi connectivity index (χ1n) is 4.71. The van der Waals surface area contributed by atoms with Gasteiger partial charge in [-0.1, -0.05) is 18.3 Å². The van der Waals surface area contributed by atoms with Crippen molar-refractivity contribution in [2.45, 2.75) is 25.6 Å². The Bertz CT molecular complexity index is 400. The first-order chi connectivity index (χ1) is 7.01. The highest BCUT2D eigenvalue weighted by Gasteiger charge is 2.09. The van der Waals surface area contributed by atoms with Crippen molar-refractivity contribution in [1.29, 1.82) is 0 Å². The van der Waals surface area contributed by atoms with E-state index in [2.05, 4.69) is 22.4 Å². The zero-order valence-corrected chi connectivity index (χ0v) is 10.5. The molecule has 0 aromatic carbocycles. The Labute approximate surface area is 93.8 Å². The summed E-state index contributed by atoms with van der Waals surface area (Å²) in [6, 6.07) is 0. The van der Waals surface area contributed by atoms with E-state index in [1.165, 1.54) is 17.6 Å². The average Bonchev–Trinajstić information content (AvgIpc) is 2.50. The van der Waals surface area contributed by atoms with Gasteiger partial charge in [-0.3, -0.25) is 0 Å². The summed E-state index contributed by atoms with van der Waals surface area (Å²) in [5.74, 6) is -0.0154. The van der Waals surface area contributed by atoms with Crippen molar-refractivity contribution in [2.75, 3.05) is 12.8 Å². The molecule has 0 aliphatic heterocycles. The number of aromatic nitrogens is 2. The molecule has 0 radical (unpaired) electrons. The highest BCUT2D eigenvalue weighted by molar-refractivity contribution is 7.90. The third kappa shape index (κ3) is 5.19. The molecule has 0 fully saturated rings. The van der Waals surface area contributed by atoms with Crippen LogP contribution in [0.3, 0.4) is 0 Å². The third-order valence-corrected chi connectivity index (χ3v) is 3.50. The fourth-order valence-electron chi connectivity index (χ4n) is 1.01. The maximum absolute atomic E-state index is 11.0. The Kier molecular flexibility index (Phi) is 4.62. The minimum atomic E-state index is -3.00. The molecule has 1 heterocycles. The van der Waals surface area contributed by atoms with Crippen LogP contribution in [0.4, 0.5) is 0 Å². The first kappa shape index (κ1) is 12.5. The highest BCUT2D eigenvalue weighted by Crippen LogP contribution is 2.12. The van der Waals surface area contributed by atoms with E-state index in [-0.39, 0.29) is 5.75 Å². The Morgan fingerprint density at radius 1 is 1.33 bits per heavy atom. The van der Waals surface area contributed by atoms with Crippen molar-refractivity contribution < 1.29 is 8.42 Å². The molecule has 1 N–H and O–H groups in total. The summed E-state index contributed by atoms with van der Waals surface area (Å²) in [5, 5.41) is 12.3. The number of rotatable bonds is 6. The van der Waals surface area contributed by atoms with Gasteiger partial charge >= 0.3 is 0 Å². The lowest BCUT2D eigenvalue weighted by Crippen LogP contribution is -2.13. The van der Waals surface area contributed by atoms with Crippen LogP contribution >= 0.6 is 11.3 Å². The van der Waals surface area contributed by atoms with Crippen molar-refractivity contribution in [3.63, 3.8) is 0 Å². The number of hydrogen-bond acceptors (Lipinski definition) is 6. The van der Waals surface area contributed by atoms with Gasteiger partial charge in [0.25, 0.3) is 0 Å². The minimum absolute atomic E-state index is 0.0154. The van der Waals surface area contributed by atoms with Crippen molar-refractivity contribution in [2.24, 2.45) is 0 Å². The van der Waals surface area contributed by atoms with E-state index >= 15 is 0 Å². The fourth-order valence-corrected chi connectivity index (χ4v) is 3.01. The molecule has 0 aliphatic rings. The van der Waals surface area contributed by atoms with Gasteiger partial charge in [0.15, 0.2) is 9.84 Å². The third-order valence-electron chi connectivity index (χ3n) is 1.60. The maximum atomic E-state index is 11.0. The molecule has 0 unspecified atom stereocenters. The second kappa shape index (κ2) is 5.53. The molecule has 0 amide bonds. The molecule has 1 rings (SSSR count). The van der Waals surface area contributed by atoms with Crippen LogP contribution in [0.2, 0.25) is 0 Å². The van der Waals surface area contributed by atoms with E-state index in [1.54, 1.807) is 0 Å². The zero-order chi connectivity index (χ0) is 11.3. The second-order valence-corrected chi connectivity index (χ2v) is 6.62. The van der Waals surface area contributed by atoms with Gasteiger partial charge in [0.2, 0.25) is 0 Å². The lowest BCUT2D eigenvalue weighted by Gasteiger charge is -1.96. The predicted octanol–water partition coefficient (Wildman–Crippen LogP) is 0.582. The zero-order valence-electron chi connectivity index (χ0n) is 8.86. The van der Waals surface area contributed by atoms with Crippen LogP contribution in [0.5, 0.6) is 0 Å². The quantitative estimate of drug-likeness (QED) is 0.747. The lowest BCUT2D eigenvalue weighted by atomic mass is 10.5. The van der Waals surface area contributed by atoms with Gasteiger partial charge in [0.1, 0.15) is 15.8 Å². The Morgan fingerprint density at radius 2 is 2.00 bits per heavy atom. The van der Waals surface area contributed by atoms with E-state index in [0.29, 0.717) is 11.6 Å². The number of hydrogen-bond donors (Lipinski definition) is 1. The van der Waals surface area contributed by atoms with Crippen molar-refractivity contribution >= 4 is 21.2 Å².